The highest BCUT2D eigenvalue weighted by atomic mass is 32.1. The van der Waals surface area contributed by atoms with E-state index in [1.54, 1.807) is 17.5 Å². The van der Waals surface area contributed by atoms with E-state index in [-0.39, 0.29) is 0 Å². The van der Waals surface area contributed by atoms with Crippen molar-refractivity contribution in [3.63, 3.8) is 0 Å². The van der Waals surface area contributed by atoms with Gasteiger partial charge in [-0.15, -0.1) is 21.5 Å². The molecule has 1 fully saturated rings. The molecule has 0 unspecified atom stereocenters. The Hall–Kier alpha value is -3.04. The van der Waals surface area contributed by atoms with Gasteiger partial charge in [0.15, 0.2) is 5.75 Å². The fourth-order valence-corrected chi connectivity index (χ4v) is 4.04. The second-order valence-electron chi connectivity index (χ2n) is 6.09. The van der Waals surface area contributed by atoms with Crippen molar-refractivity contribution in [1.29, 1.82) is 0 Å². The number of rotatable bonds is 4. The maximum atomic E-state index is 6.10. The van der Waals surface area contributed by atoms with Crippen LogP contribution in [0.25, 0.3) is 20.8 Å². The van der Waals surface area contributed by atoms with Gasteiger partial charge in [-0.25, -0.2) is 0 Å². The number of aromatic nitrogens is 5. The Morgan fingerprint density at radius 3 is 2.74 bits per heavy atom. The standard InChI is InChI=1S/C18H16N6O2S/c1-3-13(4-2-12(1)24-5-7-25-8-6-24)26-15-10-19-11-17-14(15)9-16(27-17)18-20-22-23-21-18/h1-4,9-11H,5-8H2,(H,20,21,22,23). The number of aromatic amines is 1. The maximum Gasteiger partial charge on any atom is 0.214 e. The van der Waals surface area contributed by atoms with Crippen LogP contribution in [0.1, 0.15) is 0 Å². The smallest absolute Gasteiger partial charge is 0.214 e. The summed E-state index contributed by atoms with van der Waals surface area (Å²) in [6.45, 7) is 3.37. The van der Waals surface area contributed by atoms with Crippen molar-refractivity contribution >= 4 is 27.1 Å². The molecule has 5 rings (SSSR count). The zero-order chi connectivity index (χ0) is 18.1. The molecule has 0 bridgehead atoms. The zero-order valence-electron chi connectivity index (χ0n) is 14.3. The first-order valence-electron chi connectivity index (χ1n) is 8.59. The van der Waals surface area contributed by atoms with Crippen LogP contribution >= 0.6 is 11.3 Å². The molecular weight excluding hydrogens is 364 g/mol. The lowest BCUT2D eigenvalue weighted by molar-refractivity contribution is 0.122. The zero-order valence-corrected chi connectivity index (χ0v) is 15.1. The first kappa shape index (κ1) is 16.2. The van der Waals surface area contributed by atoms with Gasteiger partial charge in [0.05, 0.1) is 29.0 Å². The number of morpholine rings is 1. The van der Waals surface area contributed by atoms with Gasteiger partial charge in [-0.1, -0.05) is 0 Å². The molecule has 3 aromatic heterocycles. The van der Waals surface area contributed by atoms with Gasteiger partial charge < -0.3 is 14.4 Å². The molecule has 27 heavy (non-hydrogen) atoms. The number of nitrogens with zero attached hydrogens (tertiary/aromatic N) is 5. The summed E-state index contributed by atoms with van der Waals surface area (Å²) in [5.41, 5.74) is 1.18. The number of hydrogen-bond acceptors (Lipinski definition) is 8. The van der Waals surface area contributed by atoms with E-state index in [0.717, 1.165) is 47.0 Å². The van der Waals surface area contributed by atoms with Crippen LogP contribution in [0.2, 0.25) is 0 Å². The third-order valence-electron chi connectivity index (χ3n) is 4.42. The minimum absolute atomic E-state index is 0.567. The van der Waals surface area contributed by atoms with E-state index < -0.39 is 0 Å². The molecule has 9 heteroatoms. The molecule has 0 atom stereocenters. The summed E-state index contributed by atoms with van der Waals surface area (Å²) < 4.78 is 12.5. The number of fused-ring (bicyclic) bond motifs is 1. The molecule has 136 valence electrons. The number of nitrogens with one attached hydrogen (secondary N) is 1. The maximum absolute atomic E-state index is 6.10. The predicted octanol–water partition coefficient (Wildman–Crippen LogP) is 3.11. The Bertz CT molecular complexity index is 1040. The monoisotopic (exact) mass is 380 g/mol. The fourth-order valence-electron chi connectivity index (χ4n) is 3.07. The van der Waals surface area contributed by atoms with Crippen molar-refractivity contribution in [2.24, 2.45) is 0 Å². The Morgan fingerprint density at radius 2 is 1.96 bits per heavy atom. The van der Waals surface area contributed by atoms with Gasteiger partial charge in [0.1, 0.15) is 5.75 Å². The summed E-state index contributed by atoms with van der Waals surface area (Å²) in [4.78, 5) is 7.52. The SMILES string of the molecule is c1cc(N2CCOCC2)ccc1Oc1cncc2sc(-c3nn[nH]n3)cc12. The van der Waals surface area contributed by atoms with Gasteiger partial charge in [0.2, 0.25) is 5.82 Å². The minimum Gasteiger partial charge on any atom is -0.455 e. The van der Waals surface area contributed by atoms with Crippen molar-refractivity contribution in [3.8, 4) is 22.2 Å². The van der Waals surface area contributed by atoms with Gasteiger partial charge in [-0.05, 0) is 35.5 Å². The minimum atomic E-state index is 0.567. The van der Waals surface area contributed by atoms with Crippen LogP contribution in [-0.2, 0) is 4.74 Å². The molecule has 0 aliphatic carbocycles. The van der Waals surface area contributed by atoms with Gasteiger partial charge in [0, 0.05) is 30.4 Å². The van der Waals surface area contributed by atoms with Crippen molar-refractivity contribution in [3.05, 3.63) is 42.7 Å². The Morgan fingerprint density at radius 1 is 1.11 bits per heavy atom. The number of benzene rings is 1. The fraction of sp³-hybridized carbons (Fsp3) is 0.222. The first-order chi connectivity index (χ1) is 13.4. The summed E-state index contributed by atoms with van der Waals surface area (Å²) in [6.07, 6.45) is 3.54. The van der Waals surface area contributed by atoms with Gasteiger partial charge >= 0.3 is 0 Å². The third-order valence-corrected chi connectivity index (χ3v) is 5.48. The highest BCUT2D eigenvalue weighted by Crippen LogP contribution is 2.37. The van der Waals surface area contributed by atoms with Crippen molar-refractivity contribution in [2.45, 2.75) is 0 Å². The molecule has 0 radical (unpaired) electrons. The quantitative estimate of drug-likeness (QED) is 0.582. The highest BCUT2D eigenvalue weighted by Gasteiger charge is 2.14. The normalized spacial score (nSPS) is 14.6. The predicted molar refractivity (Wildman–Crippen MR) is 102 cm³/mol. The molecule has 8 nitrogen and oxygen atoms in total. The average Bonchev–Trinajstić information content (AvgIpc) is 3.39. The number of anilines is 1. The molecule has 1 aliphatic rings. The molecule has 1 N–H and O–H groups in total. The van der Waals surface area contributed by atoms with Gasteiger partial charge in [-0.3, -0.25) is 4.98 Å². The molecule has 4 aromatic rings. The summed E-state index contributed by atoms with van der Waals surface area (Å²) in [5, 5.41) is 15.1. The van der Waals surface area contributed by atoms with Crippen molar-refractivity contribution < 1.29 is 9.47 Å². The van der Waals surface area contributed by atoms with Crippen LogP contribution in [0.3, 0.4) is 0 Å². The van der Waals surface area contributed by atoms with E-state index in [1.165, 1.54) is 5.69 Å². The lowest BCUT2D eigenvalue weighted by Crippen LogP contribution is -2.36. The Labute approximate surface area is 158 Å². The summed E-state index contributed by atoms with van der Waals surface area (Å²) in [6, 6.07) is 10.1. The first-order valence-corrected chi connectivity index (χ1v) is 9.40. The molecule has 1 aromatic carbocycles. The van der Waals surface area contributed by atoms with E-state index >= 15 is 0 Å². The molecule has 1 aliphatic heterocycles. The molecule has 4 heterocycles. The van der Waals surface area contributed by atoms with Crippen LogP contribution in [0.5, 0.6) is 11.5 Å². The molecule has 1 saturated heterocycles. The molecule has 0 amide bonds. The van der Waals surface area contributed by atoms with E-state index in [9.17, 15) is 0 Å². The third kappa shape index (κ3) is 3.22. The second-order valence-corrected chi connectivity index (χ2v) is 7.17. The lowest BCUT2D eigenvalue weighted by Gasteiger charge is -2.28. The molecule has 0 spiro atoms. The summed E-state index contributed by atoms with van der Waals surface area (Å²) >= 11 is 1.55. The van der Waals surface area contributed by atoms with Gasteiger partial charge in [-0.2, -0.15) is 5.21 Å². The van der Waals surface area contributed by atoms with Crippen LogP contribution in [0.15, 0.2) is 42.7 Å². The summed E-state index contributed by atoms with van der Waals surface area (Å²) in [7, 11) is 0. The number of tetrazole rings is 1. The number of thiophene rings is 1. The van der Waals surface area contributed by atoms with Gasteiger partial charge in [0.25, 0.3) is 0 Å². The Balaban J connectivity index is 1.41. The molecular formula is C18H16N6O2S. The number of ether oxygens (including phenoxy) is 2. The highest BCUT2D eigenvalue weighted by molar-refractivity contribution is 7.22. The van der Waals surface area contributed by atoms with E-state index in [1.807, 2.05) is 24.4 Å². The van der Waals surface area contributed by atoms with E-state index in [0.29, 0.717) is 11.6 Å². The number of pyridine rings is 1. The lowest BCUT2D eigenvalue weighted by atomic mass is 10.2. The largest absolute Gasteiger partial charge is 0.455 e. The van der Waals surface area contributed by atoms with Crippen LogP contribution in [0.4, 0.5) is 5.69 Å². The van der Waals surface area contributed by atoms with Crippen LogP contribution in [0, 0.1) is 0 Å². The van der Waals surface area contributed by atoms with E-state index in [4.69, 9.17) is 9.47 Å². The Kier molecular flexibility index (Phi) is 4.15. The summed E-state index contributed by atoms with van der Waals surface area (Å²) in [5.74, 6) is 2.04. The van der Waals surface area contributed by atoms with E-state index in [2.05, 4.69) is 42.6 Å². The second kappa shape index (κ2) is 6.93. The van der Waals surface area contributed by atoms with Crippen LogP contribution in [-0.4, -0.2) is 51.9 Å². The van der Waals surface area contributed by atoms with Crippen LogP contribution < -0.4 is 9.64 Å². The number of hydrogen-bond donors (Lipinski definition) is 1. The molecule has 0 saturated carbocycles. The topological polar surface area (TPSA) is 89.0 Å². The van der Waals surface area contributed by atoms with Crippen molar-refractivity contribution in [1.82, 2.24) is 25.6 Å². The number of H-pyrrole nitrogens is 1. The average molecular weight is 380 g/mol. The van der Waals surface area contributed by atoms with Crippen molar-refractivity contribution in [2.75, 3.05) is 31.2 Å².